The molecular formula is C18H21N5O2. The van der Waals surface area contributed by atoms with Crippen molar-refractivity contribution in [3.05, 3.63) is 65.9 Å². The third-order valence-corrected chi connectivity index (χ3v) is 3.83. The van der Waals surface area contributed by atoms with Crippen LogP contribution in [0.3, 0.4) is 0 Å². The molecule has 2 aromatic heterocycles. The number of carbonyl (C=O) groups excluding carboxylic acids is 1. The zero-order chi connectivity index (χ0) is 17.5. The summed E-state index contributed by atoms with van der Waals surface area (Å²) in [5.74, 6) is 1.45. The highest BCUT2D eigenvalue weighted by Crippen LogP contribution is 2.06. The fourth-order valence-corrected chi connectivity index (χ4v) is 2.60. The second-order valence-corrected chi connectivity index (χ2v) is 5.79. The van der Waals surface area contributed by atoms with Crippen LogP contribution >= 0.6 is 0 Å². The van der Waals surface area contributed by atoms with Crippen molar-refractivity contribution < 1.29 is 9.21 Å². The van der Waals surface area contributed by atoms with Gasteiger partial charge in [-0.2, -0.15) is 0 Å². The van der Waals surface area contributed by atoms with E-state index in [2.05, 4.69) is 49.3 Å². The van der Waals surface area contributed by atoms with Gasteiger partial charge in [0.05, 0.1) is 6.54 Å². The standard InChI is InChI=1S/C18H21N5O2/c1-14-21-22-18(25-14)12-17(24)20-13-16-19-9-11-23(16)10-5-8-15-6-3-2-4-7-15/h2-4,6-7,9,11H,5,8,10,12-13H2,1H3,(H,20,24). The van der Waals surface area contributed by atoms with Crippen LogP contribution in [0.5, 0.6) is 0 Å². The van der Waals surface area contributed by atoms with E-state index < -0.39 is 0 Å². The quantitative estimate of drug-likeness (QED) is 0.679. The highest BCUT2D eigenvalue weighted by atomic mass is 16.4. The molecule has 130 valence electrons. The molecule has 1 aromatic carbocycles. The molecule has 0 unspecified atom stereocenters. The topological polar surface area (TPSA) is 85.8 Å². The van der Waals surface area contributed by atoms with Crippen LogP contribution in [-0.2, 0) is 30.7 Å². The normalized spacial score (nSPS) is 10.8. The van der Waals surface area contributed by atoms with Gasteiger partial charge in [0.2, 0.25) is 17.7 Å². The molecule has 0 fully saturated rings. The van der Waals surface area contributed by atoms with Gasteiger partial charge in [-0.1, -0.05) is 30.3 Å². The van der Waals surface area contributed by atoms with E-state index in [1.54, 1.807) is 13.1 Å². The van der Waals surface area contributed by atoms with Crippen LogP contribution in [0.2, 0.25) is 0 Å². The van der Waals surface area contributed by atoms with Crippen LogP contribution < -0.4 is 5.32 Å². The molecule has 0 radical (unpaired) electrons. The predicted octanol–water partition coefficient (Wildman–Crippen LogP) is 2.07. The lowest BCUT2D eigenvalue weighted by Crippen LogP contribution is -2.26. The van der Waals surface area contributed by atoms with Crippen LogP contribution in [0.25, 0.3) is 0 Å². The summed E-state index contributed by atoms with van der Waals surface area (Å²) in [6.07, 6.45) is 5.80. The van der Waals surface area contributed by atoms with E-state index in [-0.39, 0.29) is 12.3 Å². The molecule has 0 saturated carbocycles. The minimum Gasteiger partial charge on any atom is -0.425 e. The first-order chi connectivity index (χ1) is 12.2. The zero-order valence-corrected chi connectivity index (χ0v) is 14.2. The molecule has 0 bridgehead atoms. The Balaban J connectivity index is 1.45. The minimum absolute atomic E-state index is 0.0789. The summed E-state index contributed by atoms with van der Waals surface area (Å²) in [6.45, 7) is 2.94. The summed E-state index contributed by atoms with van der Waals surface area (Å²) in [5, 5.41) is 10.4. The van der Waals surface area contributed by atoms with E-state index in [1.807, 2.05) is 12.3 Å². The number of imidazole rings is 1. The first-order valence-corrected chi connectivity index (χ1v) is 8.30. The summed E-state index contributed by atoms with van der Waals surface area (Å²) in [6, 6.07) is 10.4. The summed E-state index contributed by atoms with van der Waals surface area (Å²) in [7, 11) is 0. The Labute approximate surface area is 146 Å². The Morgan fingerprint density at radius 1 is 1.24 bits per heavy atom. The van der Waals surface area contributed by atoms with Gasteiger partial charge in [0.15, 0.2) is 0 Å². The van der Waals surface area contributed by atoms with Gasteiger partial charge in [-0.3, -0.25) is 4.79 Å². The van der Waals surface area contributed by atoms with E-state index in [9.17, 15) is 4.79 Å². The van der Waals surface area contributed by atoms with Gasteiger partial charge in [-0.25, -0.2) is 4.98 Å². The molecule has 3 rings (SSSR count). The number of aryl methyl sites for hydroxylation is 3. The maximum atomic E-state index is 12.0. The predicted molar refractivity (Wildman–Crippen MR) is 91.6 cm³/mol. The lowest BCUT2D eigenvalue weighted by Gasteiger charge is -2.09. The molecule has 2 heterocycles. The molecule has 7 heteroatoms. The number of carbonyl (C=O) groups is 1. The van der Waals surface area contributed by atoms with Gasteiger partial charge in [0, 0.05) is 25.9 Å². The van der Waals surface area contributed by atoms with E-state index in [4.69, 9.17) is 4.42 Å². The molecular weight excluding hydrogens is 318 g/mol. The second kappa shape index (κ2) is 8.23. The van der Waals surface area contributed by atoms with Crippen LogP contribution in [-0.4, -0.2) is 25.7 Å². The minimum atomic E-state index is -0.164. The number of hydrogen-bond acceptors (Lipinski definition) is 5. The van der Waals surface area contributed by atoms with Crippen molar-refractivity contribution >= 4 is 5.91 Å². The van der Waals surface area contributed by atoms with Crippen molar-refractivity contribution in [2.24, 2.45) is 0 Å². The molecule has 3 aromatic rings. The van der Waals surface area contributed by atoms with Gasteiger partial charge >= 0.3 is 0 Å². The Morgan fingerprint density at radius 3 is 2.84 bits per heavy atom. The summed E-state index contributed by atoms with van der Waals surface area (Å²) >= 11 is 0. The SMILES string of the molecule is Cc1nnc(CC(=O)NCc2nccn2CCCc2ccccc2)o1. The molecule has 7 nitrogen and oxygen atoms in total. The lowest BCUT2D eigenvalue weighted by atomic mass is 10.1. The van der Waals surface area contributed by atoms with Gasteiger partial charge in [0.25, 0.3) is 0 Å². The molecule has 0 spiro atoms. The van der Waals surface area contributed by atoms with Crippen LogP contribution in [0.4, 0.5) is 0 Å². The molecule has 25 heavy (non-hydrogen) atoms. The average molecular weight is 339 g/mol. The van der Waals surface area contributed by atoms with E-state index in [0.717, 1.165) is 25.2 Å². The monoisotopic (exact) mass is 339 g/mol. The van der Waals surface area contributed by atoms with Gasteiger partial charge in [-0.15, -0.1) is 10.2 Å². The Hall–Kier alpha value is -2.96. The van der Waals surface area contributed by atoms with Crippen molar-refractivity contribution in [3.63, 3.8) is 0 Å². The highest BCUT2D eigenvalue weighted by Gasteiger charge is 2.10. The number of hydrogen-bond donors (Lipinski definition) is 1. The van der Waals surface area contributed by atoms with E-state index in [1.165, 1.54) is 5.56 Å². The van der Waals surface area contributed by atoms with Gasteiger partial charge in [0.1, 0.15) is 12.2 Å². The smallest absolute Gasteiger partial charge is 0.229 e. The first kappa shape index (κ1) is 16.9. The molecule has 0 aliphatic rings. The molecule has 1 N–H and O–H groups in total. The molecule has 0 aliphatic heterocycles. The van der Waals surface area contributed by atoms with Crippen LogP contribution in [0.1, 0.15) is 29.6 Å². The molecule has 0 atom stereocenters. The summed E-state index contributed by atoms with van der Waals surface area (Å²) in [5.41, 5.74) is 1.33. The maximum absolute atomic E-state index is 12.0. The van der Waals surface area contributed by atoms with Crippen molar-refractivity contribution in [2.45, 2.75) is 39.3 Å². The largest absolute Gasteiger partial charge is 0.425 e. The van der Waals surface area contributed by atoms with Gasteiger partial charge in [-0.05, 0) is 18.4 Å². The van der Waals surface area contributed by atoms with Crippen LogP contribution in [0.15, 0.2) is 47.1 Å². The zero-order valence-electron chi connectivity index (χ0n) is 14.2. The molecule has 1 amide bonds. The second-order valence-electron chi connectivity index (χ2n) is 5.79. The third-order valence-electron chi connectivity index (χ3n) is 3.83. The number of amides is 1. The van der Waals surface area contributed by atoms with Crippen molar-refractivity contribution in [3.8, 4) is 0 Å². The summed E-state index contributed by atoms with van der Waals surface area (Å²) in [4.78, 5) is 16.3. The van der Waals surface area contributed by atoms with Crippen LogP contribution in [0, 0.1) is 6.92 Å². The van der Waals surface area contributed by atoms with Crippen molar-refractivity contribution in [2.75, 3.05) is 0 Å². The number of rotatable bonds is 8. The molecule has 0 saturated heterocycles. The molecule has 0 aliphatic carbocycles. The number of nitrogens with one attached hydrogen (secondary N) is 1. The first-order valence-electron chi connectivity index (χ1n) is 8.30. The average Bonchev–Trinajstić information content (AvgIpc) is 3.23. The van der Waals surface area contributed by atoms with Crippen molar-refractivity contribution in [1.29, 1.82) is 0 Å². The summed E-state index contributed by atoms with van der Waals surface area (Å²) < 4.78 is 7.28. The Morgan fingerprint density at radius 2 is 2.08 bits per heavy atom. The number of benzene rings is 1. The highest BCUT2D eigenvalue weighted by molar-refractivity contribution is 5.77. The lowest BCUT2D eigenvalue weighted by molar-refractivity contribution is -0.120. The Kier molecular flexibility index (Phi) is 5.56. The van der Waals surface area contributed by atoms with Gasteiger partial charge < -0.3 is 14.3 Å². The fraction of sp³-hybridized carbons (Fsp3) is 0.333. The number of nitrogens with zero attached hydrogens (tertiary/aromatic N) is 4. The maximum Gasteiger partial charge on any atom is 0.229 e. The van der Waals surface area contributed by atoms with Crippen molar-refractivity contribution in [1.82, 2.24) is 25.1 Å². The fourth-order valence-electron chi connectivity index (χ4n) is 2.60. The van der Waals surface area contributed by atoms with E-state index in [0.29, 0.717) is 18.3 Å². The number of aromatic nitrogens is 4. The van der Waals surface area contributed by atoms with E-state index >= 15 is 0 Å². The third kappa shape index (κ3) is 5.00. The Bertz CT molecular complexity index is 810.